The van der Waals surface area contributed by atoms with Crippen LogP contribution in [0.25, 0.3) is 0 Å². The number of carbonyl (C=O) groups is 1. The number of nitrogens with zero attached hydrogens (tertiary/aromatic N) is 2. The van der Waals surface area contributed by atoms with E-state index in [1.807, 2.05) is 13.8 Å². The Morgan fingerprint density at radius 3 is 2.42 bits per heavy atom. The summed E-state index contributed by atoms with van der Waals surface area (Å²) in [5.74, 6) is 0.418. The number of nitrogens with two attached hydrogens (primary N) is 1. The van der Waals surface area contributed by atoms with Crippen molar-refractivity contribution in [3.8, 4) is 5.88 Å². The molecular weight excluding hydrogens is 242 g/mol. The number of aromatic nitrogens is 1. The van der Waals surface area contributed by atoms with Crippen molar-refractivity contribution in [3.05, 3.63) is 23.9 Å². The van der Waals surface area contributed by atoms with Crippen LogP contribution in [0.3, 0.4) is 0 Å². The normalized spacial score (nSPS) is 11.2. The van der Waals surface area contributed by atoms with Gasteiger partial charge in [0.1, 0.15) is 6.61 Å². The standard InChI is InChI=1S/C14H23N3O2/c1-5-14(15,6-2)10-19-12-8-7-11(9-16-12)13(18)17(3)4/h7-9H,5-6,10,15H2,1-4H3. The Kier molecular flexibility index (Phi) is 5.30. The molecule has 19 heavy (non-hydrogen) atoms. The van der Waals surface area contributed by atoms with Gasteiger partial charge in [0.05, 0.1) is 5.56 Å². The molecule has 0 aromatic carbocycles. The fourth-order valence-electron chi connectivity index (χ4n) is 1.52. The summed E-state index contributed by atoms with van der Waals surface area (Å²) >= 11 is 0. The SMILES string of the molecule is CCC(N)(CC)COc1ccc(C(=O)N(C)C)cn1. The molecule has 5 nitrogen and oxygen atoms in total. The van der Waals surface area contributed by atoms with E-state index in [1.54, 1.807) is 26.2 Å². The molecule has 0 bridgehead atoms. The van der Waals surface area contributed by atoms with Crippen molar-refractivity contribution in [3.63, 3.8) is 0 Å². The highest BCUT2D eigenvalue weighted by Crippen LogP contribution is 2.15. The van der Waals surface area contributed by atoms with Crippen molar-refractivity contribution < 1.29 is 9.53 Å². The lowest BCUT2D eigenvalue weighted by Crippen LogP contribution is -2.44. The second-order valence-electron chi connectivity index (χ2n) is 4.94. The fraction of sp³-hybridized carbons (Fsp3) is 0.571. The van der Waals surface area contributed by atoms with Gasteiger partial charge in [0.15, 0.2) is 0 Å². The summed E-state index contributed by atoms with van der Waals surface area (Å²) < 4.78 is 5.59. The Morgan fingerprint density at radius 2 is 2.00 bits per heavy atom. The molecule has 2 N–H and O–H groups in total. The van der Waals surface area contributed by atoms with Crippen LogP contribution in [0, 0.1) is 0 Å². The minimum Gasteiger partial charge on any atom is -0.476 e. The lowest BCUT2D eigenvalue weighted by Gasteiger charge is -2.26. The van der Waals surface area contributed by atoms with Crippen molar-refractivity contribution in [1.82, 2.24) is 9.88 Å². The molecule has 0 aliphatic carbocycles. The predicted octanol–water partition coefficient (Wildman–Crippen LogP) is 1.68. The Hall–Kier alpha value is -1.62. The third kappa shape index (κ3) is 4.21. The average molecular weight is 265 g/mol. The van der Waals surface area contributed by atoms with E-state index < -0.39 is 0 Å². The molecule has 106 valence electrons. The van der Waals surface area contributed by atoms with Crippen molar-refractivity contribution in [2.45, 2.75) is 32.2 Å². The molecule has 0 radical (unpaired) electrons. The summed E-state index contributed by atoms with van der Waals surface area (Å²) in [6, 6.07) is 3.41. The van der Waals surface area contributed by atoms with Crippen LogP contribution in [-0.2, 0) is 0 Å². The Labute approximate surface area is 114 Å². The molecule has 0 fully saturated rings. The minimum atomic E-state index is -0.320. The minimum absolute atomic E-state index is 0.0747. The smallest absolute Gasteiger partial charge is 0.254 e. The van der Waals surface area contributed by atoms with Gasteiger partial charge in [-0.3, -0.25) is 4.79 Å². The summed E-state index contributed by atoms with van der Waals surface area (Å²) in [7, 11) is 3.41. The van der Waals surface area contributed by atoms with Crippen molar-refractivity contribution in [1.29, 1.82) is 0 Å². The van der Waals surface area contributed by atoms with Crippen LogP contribution in [0.2, 0.25) is 0 Å². The van der Waals surface area contributed by atoms with Crippen molar-refractivity contribution in [2.75, 3.05) is 20.7 Å². The van der Waals surface area contributed by atoms with Gasteiger partial charge >= 0.3 is 0 Å². The van der Waals surface area contributed by atoms with Crippen LogP contribution in [0.5, 0.6) is 5.88 Å². The van der Waals surface area contributed by atoms with Gasteiger partial charge in [-0.05, 0) is 18.9 Å². The van der Waals surface area contributed by atoms with Crippen LogP contribution in [-0.4, -0.2) is 42.0 Å². The maximum absolute atomic E-state index is 11.7. The van der Waals surface area contributed by atoms with Crippen molar-refractivity contribution in [2.24, 2.45) is 5.73 Å². The monoisotopic (exact) mass is 265 g/mol. The maximum Gasteiger partial charge on any atom is 0.254 e. The number of rotatable bonds is 6. The maximum atomic E-state index is 11.7. The molecule has 0 spiro atoms. The van der Waals surface area contributed by atoms with E-state index in [0.717, 1.165) is 12.8 Å². The Morgan fingerprint density at radius 1 is 1.37 bits per heavy atom. The highest BCUT2D eigenvalue weighted by atomic mass is 16.5. The molecular formula is C14H23N3O2. The predicted molar refractivity (Wildman–Crippen MR) is 75.2 cm³/mol. The average Bonchev–Trinajstić information content (AvgIpc) is 2.44. The van der Waals surface area contributed by atoms with Gasteiger partial charge in [-0.1, -0.05) is 13.8 Å². The van der Waals surface area contributed by atoms with Crippen molar-refractivity contribution >= 4 is 5.91 Å². The van der Waals surface area contributed by atoms with Crippen LogP contribution < -0.4 is 10.5 Å². The van der Waals surface area contributed by atoms with Gasteiger partial charge in [0.2, 0.25) is 5.88 Å². The largest absolute Gasteiger partial charge is 0.476 e. The fourth-order valence-corrected chi connectivity index (χ4v) is 1.52. The summed E-state index contributed by atoms with van der Waals surface area (Å²) in [6.45, 7) is 4.51. The molecule has 0 atom stereocenters. The van der Waals surface area contributed by atoms with Crippen LogP contribution in [0.4, 0.5) is 0 Å². The van der Waals surface area contributed by atoms with Gasteiger partial charge in [-0.2, -0.15) is 0 Å². The second-order valence-corrected chi connectivity index (χ2v) is 4.94. The first kappa shape index (κ1) is 15.4. The molecule has 0 aliphatic heterocycles. The number of pyridine rings is 1. The number of hydrogen-bond acceptors (Lipinski definition) is 4. The van der Waals surface area contributed by atoms with Crippen LogP contribution >= 0.6 is 0 Å². The molecule has 1 aromatic rings. The molecule has 1 heterocycles. The Balaban J connectivity index is 2.65. The van der Waals surface area contributed by atoms with Gasteiger partial charge in [0.25, 0.3) is 5.91 Å². The second kappa shape index (κ2) is 6.52. The molecule has 0 saturated heterocycles. The van der Waals surface area contributed by atoms with E-state index in [4.69, 9.17) is 10.5 Å². The lowest BCUT2D eigenvalue weighted by atomic mass is 9.96. The Bertz CT molecular complexity index is 411. The molecule has 5 heteroatoms. The zero-order valence-corrected chi connectivity index (χ0v) is 12.1. The van der Waals surface area contributed by atoms with Crippen LogP contribution in [0.15, 0.2) is 18.3 Å². The number of amides is 1. The first-order chi connectivity index (χ1) is 8.91. The number of hydrogen-bond donors (Lipinski definition) is 1. The van der Waals surface area contributed by atoms with Gasteiger partial charge in [-0.25, -0.2) is 4.98 Å². The molecule has 0 unspecified atom stereocenters. The van der Waals surface area contributed by atoms with E-state index in [-0.39, 0.29) is 11.4 Å². The third-order valence-corrected chi connectivity index (χ3v) is 3.31. The number of carbonyl (C=O) groups excluding carboxylic acids is 1. The van der Waals surface area contributed by atoms with Gasteiger partial charge in [0, 0.05) is 31.9 Å². The zero-order valence-electron chi connectivity index (χ0n) is 12.1. The lowest BCUT2D eigenvalue weighted by molar-refractivity contribution is 0.0827. The van der Waals surface area contributed by atoms with E-state index in [1.165, 1.54) is 11.1 Å². The van der Waals surface area contributed by atoms with Gasteiger partial charge < -0.3 is 15.4 Å². The van der Waals surface area contributed by atoms with Gasteiger partial charge in [-0.15, -0.1) is 0 Å². The summed E-state index contributed by atoms with van der Waals surface area (Å²) in [5, 5.41) is 0. The molecule has 0 saturated carbocycles. The highest BCUT2D eigenvalue weighted by Gasteiger charge is 2.21. The molecule has 0 aliphatic rings. The van der Waals surface area contributed by atoms with E-state index in [2.05, 4.69) is 4.98 Å². The highest BCUT2D eigenvalue weighted by molar-refractivity contribution is 5.93. The topological polar surface area (TPSA) is 68.5 Å². The van der Waals surface area contributed by atoms with E-state index in [0.29, 0.717) is 18.1 Å². The van der Waals surface area contributed by atoms with E-state index >= 15 is 0 Å². The number of ether oxygens (including phenoxy) is 1. The summed E-state index contributed by atoms with van der Waals surface area (Å²) in [6.07, 6.45) is 3.22. The first-order valence-corrected chi connectivity index (χ1v) is 6.51. The molecule has 1 rings (SSSR count). The van der Waals surface area contributed by atoms with E-state index in [9.17, 15) is 4.79 Å². The summed E-state index contributed by atoms with van der Waals surface area (Å²) in [4.78, 5) is 17.3. The zero-order chi connectivity index (χ0) is 14.5. The first-order valence-electron chi connectivity index (χ1n) is 6.51. The quantitative estimate of drug-likeness (QED) is 0.849. The third-order valence-electron chi connectivity index (χ3n) is 3.31. The van der Waals surface area contributed by atoms with Crippen LogP contribution in [0.1, 0.15) is 37.0 Å². The summed E-state index contributed by atoms with van der Waals surface area (Å²) in [5.41, 5.74) is 6.37. The molecule has 1 aromatic heterocycles. The molecule has 1 amide bonds.